The van der Waals surface area contributed by atoms with Gasteiger partial charge in [0.2, 0.25) is 0 Å². The minimum atomic E-state index is -1.01. The molecule has 5 rings (SSSR count). The summed E-state index contributed by atoms with van der Waals surface area (Å²) in [5.41, 5.74) is 8.46. The summed E-state index contributed by atoms with van der Waals surface area (Å²) >= 11 is 0. The van der Waals surface area contributed by atoms with E-state index in [-0.39, 0.29) is 5.82 Å². The van der Waals surface area contributed by atoms with Gasteiger partial charge in [-0.2, -0.15) is 0 Å². The zero-order chi connectivity index (χ0) is 29.6. The number of benzene rings is 3. The molecule has 0 spiro atoms. The molecule has 0 aromatic heterocycles. The van der Waals surface area contributed by atoms with Crippen molar-refractivity contribution in [3.63, 3.8) is 0 Å². The molecule has 7 heteroatoms. The van der Waals surface area contributed by atoms with E-state index >= 15 is 4.39 Å². The fourth-order valence-corrected chi connectivity index (χ4v) is 6.37. The Hall–Kier alpha value is -3.29. The molecule has 41 heavy (non-hydrogen) atoms. The van der Waals surface area contributed by atoms with Gasteiger partial charge in [-0.05, 0) is 117 Å². The lowest BCUT2D eigenvalue weighted by Crippen LogP contribution is -2.29. The van der Waals surface area contributed by atoms with Gasteiger partial charge in [0.15, 0.2) is 17.7 Å². The molecule has 0 saturated heterocycles. The maximum atomic E-state index is 15.6. The Morgan fingerprint density at radius 3 is 2.39 bits per heavy atom. The van der Waals surface area contributed by atoms with Crippen LogP contribution in [0.25, 0.3) is 11.1 Å². The average molecular weight is 564 g/mol. The maximum Gasteiger partial charge on any atom is 0.339 e. The third kappa shape index (κ3) is 5.62. The summed E-state index contributed by atoms with van der Waals surface area (Å²) in [4.78, 5) is 15.6. The van der Waals surface area contributed by atoms with E-state index in [1.54, 1.807) is 18.2 Å². The van der Waals surface area contributed by atoms with Crippen molar-refractivity contribution in [3.05, 3.63) is 86.5 Å². The quantitative estimate of drug-likeness (QED) is 0.292. The number of methoxy groups -OCH3 is 1. The van der Waals surface area contributed by atoms with Gasteiger partial charge in [-0.3, -0.25) is 4.90 Å². The molecule has 0 bridgehead atoms. The van der Waals surface area contributed by atoms with Gasteiger partial charge in [0.25, 0.3) is 0 Å². The number of nitrogens with zero attached hydrogens (tertiary/aromatic N) is 1. The van der Waals surface area contributed by atoms with Crippen LogP contribution in [0.3, 0.4) is 0 Å². The smallest absolute Gasteiger partial charge is 0.339 e. The Balaban J connectivity index is 1.73. The van der Waals surface area contributed by atoms with Crippen molar-refractivity contribution < 1.29 is 27.8 Å². The Morgan fingerprint density at radius 1 is 1.02 bits per heavy atom. The van der Waals surface area contributed by atoms with Crippen molar-refractivity contribution in [2.24, 2.45) is 0 Å². The largest absolute Gasteiger partial charge is 0.490 e. The molecule has 218 valence electrons. The van der Waals surface area contributed by atoms with Crippen LogP contribution in [0.2, 0.25) is 0 Å². The highest BCUT2D eigenvalue weighted by Gasteiger charge is 2.37. The van der Waals surface area contributed by atoms with Gasteiger partial charge in [0.05, 0.1) is 19.3 Å². The number of halogens is 2. The van der Waals surface area contributed by atoms with Gasteiger partial charge in [-0.25, -0.2) is 13.6 Å². The molecule has 2 aliphatic rings. The van der Waals surface area contributed by atoms with Gasteiger partial charge in [0.1, 0.15) is 5.82 Å². The molecule has 0 N–H and O–H groups in total. The first-order valence-corrected chi connectivity index (χ1v) is 14.2. The highest BCUT2D eigenvalue weighted by atomic mass is 19.1. The van der Waals surface area contributed by atoms with Crippen LogP contribution in [0.1, 0.15) is 77.8 Å². The Bertz CT molecular complexity index is 1510. The normalized spacial score (nSPS) is 15.7. The highest BCUT2D eigenvalue weighted by molar-refractivity contribution is 5.86. The summed E-state index contributed by atoms with van der Waals surface area (Å²) in [6.07, 6.45) is 0.537. The first-order valence-electron chi connectivity index (χ1n) is 14.2. The van der Waals surface area contributed by atoms with Crippen LogP contribution in [0.5, 0.6) is 5.75 Å². The van der Waals surface area contributed by atoms with E-state index in [1.807, 2.05) is 47.6 Å². The number of carbonyl (C=O) groups is 1. The molecule has 1 atom stereocenters. The van der Waals surface area contributed by atoms with Gasteiger partial charge in [-0.1, -0.05) is 12.1 Å². The minimum absolute atomic E-state index is 0.259. The average Bonchev–Trinajstić information content (AvgIpc) is 3.35. The van der Waals surface area contributed by atoms with E-state index in [2.05, 4.69) is 4.90 Å². The first-order chi connectivity index (χ1) is 19.4. The Kier molecular flexibility index (Phi) is 7.96. The van der Waals surface area contributed by atoms with Crippen molar-refractivity contribution in [1.82, 2.24) is 4.90 Å². The van der Waals surface area contributed by atoms with Crippen molar-refractivity contribution >= 4 is 5.97 Å². The third-order valence-electron chi connectivity index (χ3n) is 8.23. The van der Waals surface area contributed by atoms with Gasteiger partial charge < -0.3 is 14.2 Å². The summed E-state index contributed by atoms with van der Waals surface area (Å²) in [6.45, 7) is 14.1. The van der Waals surface area contributed by atoms with E-state index in [1.165, 1.54) is 13.2 Å². The molecule has 5 nitrogen and oxygen atoms in total. The van der Waals surface area contributed by atoms with Crippen LogP contribution in [0.15, 0.2) is 30.3 Å². The van der Waals surface area contributed by atoms with E-state index in [9.17, 15) is 9.18 Å². The van der Waals surface area contributed by atoms with Crippen LogP contribution in [0, 0.1) is 32.4 Å². The van der Waals surface area contributed by atoms with Crippen LogP contribution < -0.4 is 4.74 Å². The standard InChI is InChI=1S/C34H39F2NO4/c1-19-24-12-9-13-40-31(24)28(36)15-25(19)29-20(2)26-17-37(16-22-10-8-11-23(35)14-22)18-27(26)21(3)30(29)32(33(38)39-7)41-34(4,5)6/h8,10-11,14-15,32H,9,12-13,16-18H2,1-7H3/t32-/m0/s1. The molecule has 0 aliphatic carbocycles. The number of fused-ring (bicyclic) bond motifs is 2. The number of esters is 1. The van der Waals surface area contributed by atoms with Crippen LogP contribution in [0.4, 0.5) is 8.78 Å². The predicted molar refractivity (Wildman–Crippen MR) is 155 cm³/mol. The van der Waals surface area contributed by atoms with Crippen molar-refractivity contribution in [2.75, 3.05) is 13.7 Å². The monoisotopic (exact) mass is 563 g/mol. The second-order valence-electron chi connectivity index (χ2n) is 12.2. The van der Waals surface area contributed by atoms with Crippen LogP contribution >= 0.6 is 0 Å². The molecule has 0 radical (unpaired) electrons. The van der Waals surface area contributed by atoms with Crippen molar-refractivity contribution in [1.29, 1.82) is 0 Å². The number of rotatable bonds is 6. The summed E-state index contributed by atoms with van der Waals surface area (Å²) in [6, 6.07) is 8.20. The molecule has 2 aliphatic heterocycles. The van der Waals surface area contributed by atoms with Gasteiger partial charge in [-0.15, -0.1) is 0 Å². The molecule has 0 saturated carbocycles. The van der Waals surface area contributed by atoms with Gasteiger partial charge >= 0.3 is 5.97 Å². The zero-order valence-electron chi connectivity index (χ0n) is 25.0. The number of ether oxygens (including phenoxy) is 3. The minimum Gasteiger partial charge on any atom is -0.490 e. The lowest BCUT2D eigenvalue weighted by Gasteiger charge is -2.31. The predicted octanol–water partition coefficient (Wildman–Crippen LogP) is 7.43. The first kappa shape index (κ1) is 29.2. The lowest BCUT2D eigenvalue weighted by atomic mass is 9.80. The number of hydrogen-bond donors (Lipinski definition) is 0. The van der Waals surface area contributed by atoms with Crippen molar-refractivity contribution in [3.8, 4) is 16.9 Å². The summed E-state index contributed by atoms with van der Waals surface area (Å²) in [5, 5.41) is 0. The van der Waals surface area contributed by atoms with Crippen LogP contribution in [-0.4, -0.2) is 30.2 Å². The van der Waals surface area contributed by atoms with E-state index in [0.717, 1.165) is 62.9 Å². The molecule has 0 unspecified atom stereocenters. The number of carbonyl (C=O) groups excluding carboxylic acids is 1. The molecular formula is C34H39F2NO4. The maximum absolute atomic E-state index is 15.6. The fourth-order valence-electron chi connectivity index (χ4n) is 6.37. The summed E-state index contributed by atoms with van der Waals surface area (Å²) in [5.74, 6) is -0.836. The SMILES string of the molecule is COC(=O)[C@@H](OC(C)(C)C)c1c(C)c2c(c(C)c1-c1cc(F)c3c(c1C)CCCO3)CN(Cc1cccc(F)c1)C2. The Labute approximate surface area is 241 Å². The molecule has 3 aromatic carbocycles. The molecular weight excluding hydrogens is 524 g/mol. The molecule has 3 aromatic rings. The summed E-state index contributed by atoms with van der Waals surface area (Å²) < 4.78 is 46.9. The molecule has 0 amide bonds. The third-order valence-corrected chi connectivity index (χ3v) is 8.23. The van der Waals surface area contributed by atoms with E-state index in [0.29, 0.717) is 37.6 Å². The van der Waals surface area contributed by atoms with E-state index < -0.39 is 23.5 Å². The fraction of sp³-hybridized carbons (Fsp3) is 0.441. The lowest BCUT2D eigenvalue weighted by molar-refractivity contribution is -0.164. The summed E-state index contributed by atoms with van der Waals surface area (Å²) in [7, 11) is 1.36. The highest BCUT2D eigenvalue weighted by Crippen LogP contribution is 2.47. The van der Waals surface area contributed by atoms with Crippen molar-refractivity contribution in [2.45, 2.75) is 85.7 Å². The van der Waals surface area contributed by atoms with Crippen LogP contribution in [-0.2, 0) is 40.3 Å². The molecule has 0 fully saturated rings. The second-order valence-corrected chi connectivity index (χ2v) is 12.2. The van der Waals surface area contributed by atoms with E-state index in [4.69, 9.17) is 14.2 Å². The molecule has 2 heterocycles. The number of hydrogen-bond acceptors (Lipinski definition) is 5. The second kappa shape index (κ2) is 11.2. The topological polar surface area (TPSA) is 48.0 Å². The zero-order valence-corrected chi connectivity index (χ0v) is 25.0. The van der Waals surface area contributed by atoms with Gasteiger partial charge in [0, 0.05) is 30.8 Å². The Morgan fingerprint density at radius 2 is 1.73 bits per heavy atom.